The molecular formula is C28H28N2O4S. The van der Waals surface area contributed by atoms with Gasteiger partial charge in [0.1, 0.15) is 17.5 Å². The SMILES string of the molecule is O=C(NC1CCCC1)C(c1cccs1)N(CCO)C(=O)C1=Cc2ccccc2Oc2ccccc21. The number of hydrogen-bond acceptors (Lipinski definition) is 5. The van der Waals surface area contributed by atoms with Gasteiger partial charge in [0.2, 0.25) is 5.91 Å². The monoisotopic (exact) mass is 488 g/mol. The van der Waals surface area contributed by atoms with Crippen molar-refractivity contribution < 1.29 is 19.4 Å². The average Bonchev–Trinajstić information content (AvgIpc) is 3.55. The van der Waals surface area contributed by atoms with Crippen LogP contribution in [0.2, 0.25) is 0 Å². The summed E-state index contributed by atoms with van der Waals surface area (Å²) in [5.74, 6) is 0.696. The van der Waals surface area contributed by atoms with Crippen LogP contribution in [0.25, 0.3) is 11.6 Å². The number of aliphatic hydroxyl groups is 1. The van der Waals surface area contributed by atoms with Crippen molar-refractivity contribution in [3.63, 3.8) is 0 Å². The van der Waals surface area contributed by atoms with Crippen LogP contribution in [0.3, 0.4) is 0 Å². The highest BCUT2D eigenvalue weighted by atomic mass is 32.1. The number of aliphatic hydroxyl groups excluding tert-OH is 1. The summed E-state index contributed by atoms with van der Waals surface area (Å²) in [6.45, 7) is -0.228. The molecular weight excluding hydrogens is 460 g/mol. The molecule has 5 rings (SSSR count). The molecule has 7 heteroatoms. The zero-order valence-corrected chi connectivity index (χ0v) is 20.2. The molecule has 0 radical (unpaired) electrons. The van der Waals surface area contributed by atoms with E-state index in [9.17, 15) is 14.7 Å². The number of ether oxygens (including phenoxy) is 1. The van der Waals surface area contributed by atoms with Gasteiger partial charge in [0, 0.05) is 28.6 Å². The lowest BCUT2D eigenvalue weighted by Gasteiger charge is -2.31. The largest absolute Gasteiger partial charge is 0.456 e. The van der Waals surface area contributed by atoms with E-state index in [2.05, 4.69) is 5.32 Å². The normalized spacial score (nSPS) is 15.7. The van der Waals surface area contributed by atoms with Crippen LogP contribution < -0.4 is 10.1 Å². The molecule has 6 nitrogen and oxygen atoms in total. The summed E-state index contributed by atoms with van der Waals surface area (Å²) in [6, 6.07) is 18.0. The van der Waals surface area contributed by atoms with E-state index >= 15 is 0 Å². The number of benzene rings is 2. The van der Waals surface area contributed by atoms with Crippen molar-refractivity contribution in [3.8, 4) is 11.5 Å². The van der Waals surface area contributed by atoms with E-state index in [1.807, 2.05) is 72.1 Å². The summed E-state index contributed by atoms with van der Waals surface area (Å²) in [6.07, 6.45) is 5.90. The second-order valence-corrected chi connectivity index (χ2v) is 9.80. The van der Waals surface area contributed by atoms with E-state index in [4.69, 9.17) is 4.74 Å². The Morgan fingerprint density at radius 2 is 1.77 bits per heavy atom. The molecule has 2 N–H and O–H groups in total. The van der Waals surface area contributed by atoms with Crippen LogP contribution in [0.1, 0.15) is 47.7 Å². The standard InChI is InChI=1S/C28H28N2O4S/c31-16-15-30(26(25-14-7-17-35-25)27(32)29-20-9-2-3-10-20)28(33)22-18-19-8-1-5-12-23(19)34-24-13-6-4-11-21(22)24/h1,4-8,11-14,17-18,20,26,31H,2-3,9-10,15-16H2,(H,29,32). The maximum atomic E-state index is 14.2. The smallest absolute Gasteiger partial charge is 0.255 e. The number of carbonyl (C=O) groups excluding carboxylic acids is 2. The molecule has 0 saturated heterocycles. The molecule has 1 aliphatic heterocycles. The summed E-state index contributed by atoms with van der Waals surface area (Å²) >= 11 is 1.43. The Labute approximate surface area is 208 Å². The Balaban J connectivity index is 1.57. The quantitative estimate of drug-likeness (QED) is 0.490. The third-order valence-electron chi connectivity index (χ3n) is 6.52. The van der Waals surface area contributed by atoms with E-state index in [0.29, 0.717) is 22.6 Å². The Bertz CT molecular complexity index is 1230. The zero-order valence-electron chi connectivity index (χ0n) is 19.4. The van der Waals surface area contributed by atoms with Crippen LogP contribution >= 0.6 is 11.3 Å². The third kappa shape index (κ3) is 4.88. The lowest BCUT2D eigenvalue weighted by Crippen LogP contribution is -2.47. The van der Waals surface area contributed by atoms with Crippen molar-refractivity contribution in [2.75, 3.05) is 13.2 Å². The molecule has 0 spiro atoms. The van der Waals surface area contributed by atoms with E-state index in [1.165, 1.54) is 16.2 Å². The molecule has 2 aromatic carbocycles. The van der Waals surface area contributed by atoms with Crippen molar-refractivity contribution in [1.29, 1.82) is 0 Å². The average molecular weight is 489 g/mol. The van der Waals surface area contributed by atoms with Crippen LogP contribution in [0.4, 0.5) is 0 Å². The minimum atomic E-state index is -0.831. The van der Waals surface area contributed by atoms with Gasteiger partial charge in [0.25, 0.3) is 5.91 Å². The minimum Gasteiger partial charge on any atom is -0.456 e. The molecule has 1 aliphatic carbocycles. The highest BCUT2D eigenvalue weighted by Gasteiger charge is 2.36. The zero-order chi connectivity index (χ0) is 24.2. The number of hydrogen-bond donors (Lipinski definition) is 2. The van der Waals surface area contributed by atoms with Gasteiger partial charge in [-0.3, -0.25) is 9.59 Å². The summed E-state index contributed by atoms with van der Waals surface area (Å²) in [7, 11) is 0. The van der Waals surface area contributed by atoms with Crippen molar-refractivity contribution >= 4 is 34.8 Å². The van der Waals surface area contributed by atoms with Gasteiger partial charge in [-0.25, -0.2) is 0 Å². The van der Waals surface area contributed by atoms with Gasteiger partial charge < -0.3 is 20.1 Å². The molecule has 1 saturated carbocycles. The molecule has 0 bridgehead atoms. The first-order chi connectivity index (χ1) is 17.2. The second-order valence-electron chi connectivity index (χ2n) is 8.82. The van der Waals surface area contributed by atoms with E-state index in [1.54, 1.807) is 0 Å². The Morgan fingerprint density at radius 3 is 2.51 bits per heavy atom. The topological polar surface area (TPSA) is 78.9 Å². The molecule has 3 aromatic rings. The van der Waals surface area contributed by atoms with E-state index in [0.717, 1.165) is 36.1 Å². The third-order valence-corrected chi connectivity index (χ3v) is 7.45. The van der Waals surface area contributed by atoms with Gasteiger partial charge in [-0.1, -0.05) is 55.3 Å². The van der Waals surface area contributed by atoms with Gasteiger partial charge in [0.05, 0.1) is 12.2 Å². The summed E-state index contributed by atoms with van der Waals surface area (Å²) in [5, 5.41) is 15.0. The molecule has 35 heavy (non-hydrogen) atoms. The van der Waals surface area contributed by atoms with Crippen molar-refractivity contribution in [2.45, 2.75) is 37.8 Å². The summed E-state index contributed by atoms with van der Waals surface area (Å²) in [5.41, 5.74) is 1.85. The number of amides is 2. The number of rotatable bonds is 7. The van der Waals surface area contributed by atoms with Gasteiger partial charge in [0.15, 0.2) is 0 Å². The number of nitrogens with one attached hydrogen (secondary N) is 1. The lowest BCUT2D eigenvalue weighted by molar-refractivity contribution is -0.137. The molecule has 1 aromatic heterocycles. The Hall–Kier alpha value is -3.42. The molecule has 2 aliphatic rings. The number of para-hydroxylation sites is 2. The van der Waals surface area contributed by atoms with E-state index in [-0.39, 0.29) is 31.0 Å². The number of carbonyl (C=O) groups is 2. The molecule has 2 heterocycles. The summed E-state index contributed by atoms with van der Waals surface area (Å²) < 4.78 is 6.14. The molecule has 1 fully saturated rings. The van der Waals surface area contributed by atoms with Gasteiger partial charge in [-0.05, 0) is 42.5 Å². The fraction of sp³-hybridized carbons (Fsp3) is 0.286. The number of fused-ring (bicyclic) bond motifs is 2. The predicted molar refractivity (Wildman–Crippen MR) is 137 cm³/mol. The first-order valence-corrected chi connectivity index (χ1v) is 12.9. The number of nitrogens with zero attached hydrogens (tertiary/aromatic N) is 1. The first kappa shape index (κ1) is 23.3. The minimum absolute atomic E-state index is 0.0293. The molecule has 180 valence electrons. The Kier molecular flexibility index (Phi) is 6.97. The maximum absolute atomic E-state index is 14.2. The predicted octanol–water partition coefficient (Wildman–Crippen LogP) is 5.02. The number of thiophene rings is 1. The van der Waals surface area contributed by atoms with Gasteiger partial charge in [-0.2, -0.15) is 0 Å². The van der Waals surface area contributed by atoms with Crippen LogP contribution in [-0.4, -0.2) is 41.0 Å². The highest BCUT2D eigenvalue weighted by molar-refractivity contribution is 7.10. The fourth-order valence-corrected chi connectivity index (χ4v) is 5.67. The van der Waals surface area contributed by atoms with Crippen LogP contribution in [0, 0.1) is 0 Å². The van der Waals surface area contributed by atoms with E-state index < -0.39 is 6.04 Å². The molecule has 1 atom stereocenters. The lowest BCUT2D eigenvalue weighted by atomic mass is 10.00. The van der Waals surface area contributed by atoms with Crippen molar-refractivity contribution in [1.82, 2.24) is 10.2 Å². The maximum Gasteiger partial charge on any atom is 0.255 e. The molecule has 1 unspecified atom stereocenters. The fourth-order valence-electron chi connectivity index (χ4n) is 4.83. The van der Waals surface area contributed by atoms with Crippen LogP contribution in [0.5, 0.6) is 11.5 Å². The summed E-state index contributed by atoms with van der Waals surface area (Å²) in [4.78, 5) is 30.1. The van der Waals surface area contributed by atoms with Crippen molar-refractivity contribution in [2.24, 2.45) is 0 Å². The second kappa shape index (κ2) is 10.5. The van der Waals surface area contributed by atoms with Crippen LogP contribution in [0.15, 0.2) is 66.0 Å². The van der Waals surface area contributed by atoms with Crippen molar-refractivity contribution in [3.05, 3.63) is 82.0 Å². The first-order valence-electron chi connectivity index (χ1n) is 12.0. The molecule has 2 amide bonds. The van der Waals surface area contributed by atoms with Crippen LogP contribution in [-0.2, 0) is 9.59 Å². The Morgan fingerprint density at radius 1 is 1.03 bits per heavy atom. The van der Waals surface area contributed by atoms with Gasteiger partial charge in [-0.15, -0.1) is 11.3 Å². The van der Waals surface area contributed by atoms with Gasteiger partial charge >= 0.3 is 0 Å². The highest BCUT2D eigenvalue weighted by Crippen LogP contribution is 2.39.